The molecule has 0 aromatic carbocycles. The maximum atomic E-state index is 12.7. The number of carbonyl (C=O) groups is 3. The second-order valence-corrected chi connectivity index (χ2v) is 14.6. The molecular formula is C49H82O6. The number of esters is 3. The molecule has 0 N–H and O–H groups in total. The minimum absolute atomic E-state index is 0.114. The van der Waals surface area contributed by atoms with Crippen LogP contribution in [-0.4, -0.2) is 37.2 Å². The zero-order valence-corrected chi connectivity index (χ0v) is 35.7. The third-order valence-electron chi connectivity index (χ3n) is 9.24. The average Bonchev–Trinajstić information content (AvgIpc) is 3.18. The SMILES string of the molecule is CC\C=C/C=C\C=C/CCCCCCCCCC(=O)OCC(COC(=O)CCC/C=C\CCCCCC)OC(=O)CC/C=C\C/C=C\CCCCCCCC. The van der Waals surface area contributed by atoms with E-state index in [4.69, 9.17) is 14.2 Å². The summed E-state index contributed by atoms with van der Waals surface area (Å²) >= 11 is 0. The number of hydrogen-bond donors (Lipinski definition) is 0. The van der Waals surface area contributed by atoms with E-state index in [1.54, 1.807) is 0 Å². The quantitative estimate of drug-likeness (QED) is 0.0204. The monoisotopic (exact) mass is 767 g/mol. The summed E-state index contributed by atoms with van der Waals surface area (Å²) in [6, 6.07) is 0. The van der Waals surface area contributed by atoms with E-state index in [1.165, 1.54) is 89.9 Å². The van der Waals surface area contributed by atoms with Crippen LogP contribution in [0.4, 0.5) is 0 Å². The normalized spacial score (nSPS) is 12.7. The fraction of sp³-hybridized carbons (Fsp3) is 0.694. The third kappa shape index (κ3) is 41.8. The predicted molar refractivity (Wildman–Crippen MR) is 233 cm³/mol. The van der Waals surface area contributed by atoms with Gasteiger partial charge in [0.05, 0.1) is 0 Å². The molecule has 0 fully saturated rings. The van der Waals surface area contributed by atoms with Crippen molar-refractivity contribution in [3.63, 3.8) is 0 Å². The van der Waals surface area contributed by atoms with Crippen molar-refractivity contribution in [2.45, 2.75) is 207 Å². The highest BCUT2D eigenvalue weighted by molar-refractivity contribution is 5.71. The molecule has 0 rings (SSSR count). The van der Waals surface area contributed by atoms with Crippen LogP contribution in [0.3, 0.4) is 0 Å². The van der Waals surface area contributed by atoms with Crippen LogP contribution in [0.15, 0.2) is 72.9 Å². The number of rotatable bonds is 39. The van der Waals surface area contributed by atoms with Crippen LogP contribution in [0, 0.1) is 0 Å². The summed E-state index contributed by atoms with van der Waals surface area (Å²) < 4.78 is 16.6. The molecule has 1 unspecified atom stereocenters. The van der Waals surface area contributed by atoms with Gasteiger partial charge in [-0.25, -0.2) is 0 Å². The highest BCUT2D eigenvalue weighted by Crippen LogP contribution is 2.12. The highest BCUT2D eigenvalue weighted by Gasteiger charge is 2.19. The first kappa shape index (κ1) is 51.9. The molecule has 55 heavy (non-hydrogen) atoms. The van der Waals surface area contributed by atoms with E-state index in [-0.39, 0.29) is 31.6 Å². The second kappa shape index (κ2) is 43.6. The van der Waals surface area contributed by atoms with Crippen LogP contribution in [0.25, 0.3) is 0 Å². The summed E-state index contributed by atoms with van der Waals surface area (Å²) in [5, 5.41) is 0. The molecule has 0 aliphatic heterocycles. The first-order valence-corrected chi connectivity index (χ1v) is 22.5. The van der Waals surface area contributed by atoms with E-state index in [0.717, 1.165) is 57.8 Å². The van der Waals surface area contributed by atoms with Gasteiger partial charge >= 0.3 is 17.9 Å². The van der Waals surface area contributed by atoms with Crippen molar-refractivity contribution in [2.75, 3.05) is 13.2 Å². The van der Waals surface area contributed by atoms with Gasteiger partial charge in [0.25, 0.3) is 0 Å². The van der Waals surface area contributed by atoms with Crippen LogP contribution < -0.4 is 0 Å². The molecule has 0 saturated carbocycles. The molecule has 0 aliphatic carbocycles. The number of hydrogen-bond acceptors (Lipinski definition) is 6. The molecule has 6 heteroatoms. The Labute approximate surface area is 338 Å². The second-order valence-electron chi connectivity index (χ2n) is 14.6. The van der Waals surface area contributed by atoms with Gasteiger partial charge in [-0.3, -0.25) is 14.4 Å². The van der Waals surface area contributed by atoms with Gasteiger partial charge in [-0.15, -0.1) is 0 Å². The van der Waals surface area contributed by atoms with E-state index in [2.05, 4.69) is 87.6 Å². The van der Waals surface area contributed by atoms with Crippen molar-refractivity contribution in [1.29, 1.82) is 0 Å². The van der Waals surface area contributed by atoms with Crippen molar-refractivity contribution in [1.82, 2.24) is 0 Å². The van der Waals surface area contributed by atoms with Crippen molar-refractivity contribution in [2.24, 2.45) is 0 Å². The summed E-state index contributed by atoms with van der Waals surface area (Å²) in [6.07, 6.45) is 53.3. The maximum absolute atomic E-state index is 12.7. The van der Waals surface area contributed by atoms with Gasteiger partial charge < -0.3 is 14.2 Å². The first-order valence-electron chi connectivity index (χ1n) is 22.5. The van der Waals surface area contributed by atoms with E-state index in [1.807, 2.05) is 6.08 Å². The van der Waals surface area contributed by atoms with Gasteiger partial charge in [0.15, 0.2) is 6.10 Å². The number of unbranched alkanes of at least 4 members (excludes halogenated alkanes) is 18. The van der Waals surface area contributed by atoms with Gasteiger partial charge in [-0.05, 0) is 77.0 Å². The Morgan fingerprint density at radius 3 is 1.42 bits per heavy atom. The van der Waals surface area contributed by atoms with E-state index < -0.39 is 12.1 Å². The molecule has 0 saturated heterocycles. The standard InChI is InChI=1S/C49H82O6/c1-4-7-10-13-16-19-21-23-24-26-27-30-33-36-39-42-48(51)54-45-46(44-53-47(50)41-38-35-32-29-18-15-12-9-6-3)55-49(52)43-40-37-34-31-28-25-22-20-17-14-11-8-5-2/h7,10,13,16,19,21,25,28-29,32,34,37,46H,4-6,8-9,11-12,14-15,17-18,20,22-24,26-27,30-31,33,35-36,38-45H2,1-3H3/b10-7-,16-13-,21-19-,28-25-,32-29-,37-34-. The summed E-state index contributed by atoms with van der Waals surface area (Å²) in [6.45, 7) is 6.35. The van der Waals surface area contributed by atoms with E-state index >= 15 is 0 Å². The Hall–Kier alpha value is -3.15. The Morgan fingerprint density at radius 2 is 0.836 bits per heavy atom. The zero-order valence-electron chi connectivity index (χ0n) is 35.7. The lowest BCUT2D eigenvalue weighted by Gasteiger charge is -2.18. The van der Waals surface area contributed by atoms with Crippen LogP contribution in [0.5, 0.6) is 0 Å². The molecule has 0 spiro atoms. The van der Waals surface area contributed by atoms with Crippen molar-refractivity contribution in [3.8, 4) is 0 Å². The van der Waals surface area contributed by atoms with Crippen LogP contribution in [0.1, 0.15) is 201 Å². The van der Waals surface area contributed by atoms with Gasteiger partial charge in [0.2, 0.25) is 0 Å². The molecule has 0 bridgehead atoms. The molecular weight excluding hydrogens is 685 g/mol. The van der Waals surface area contributed by atoms with Gasteiger partial charge in [0, 0.05) is 19.3 Å². The number of ether oxygens (including phenoxy) is 3. The molecule has 6 nitrogen and oxygen atoms in total. The van der Waals surface area contributed by atoms with E-state index in [0.29, 0.717) is 25.7 Å². The predicted octanol–water partition coefficient (Wildman–Crippen LogP) is 14.3. The molecule has 0 aliphatic rings. The summed E-state index contributed by atoms with van der Waals surface area (Å²) in [7, 11) is 0. The summed E-state index contributed by atoms with van der Waals surface area (Å²) in [4.78, 5) is 37.6. The molecule has 0 aromatic rings. The van der Waals surface area contributed by atoms with Gasteiger partial charge in [0.1, 0.15) is 13.2 Å². The van der Waals surface area contributed by atoms with Crippen molar-refractivity contribution >= 4 is 17.9 Å². The van der Waals surface area contributed by atoms with Crippen LogP contribution in [0.2, 0.25) is 0 Å². The van der Waals surface area contributed by atoms with Crippen LogP contribution in [-0.2, 0) is 28.6 Å². The van der Waals surface area contributed by atoms with Gasteiger partial charge in [-0.2, -0.15) is 0 Å². The lowest BCUT2D eigenvalue weighted by molar-refractivity contribution is -0.166. The minimum Gasteiger partial charge on any atom is -0.462 e. The first-order chi connectivity index (χ1) is 27.0. The molecule has 314 valence electrons. The lowest BCUT2D eigenvalue weighted by Crippen LogP contribution is -2.30. The highest BCUT2D eigenvalue weighted by atomic mass is 16.6. The summed E-state index contributed by atoms with van der Waals surface area (Å²) in [5.74, 6) is -1.04. The van der Waals surface area contributed by atoms with E-state index in [9.17, 15) is 14.4 Å². The molecule has 1 atom stereocenters. The molecule has 0 heterocycles. The third-order valence-corrected chi connectivity index (χ3v) is 9.24. The topological polar surface area (TPSA) is 78.9 Å². The Balaban J connectivity index is 4.48. The Morgan fingerprint density at radius 1 is 0.400 bits per heavy atom. The van der Waals surface area contributed by atoms with Crippen molar-refractivity contribution in [3.05, 3.63) is 72.9 Å². The zero-order chi connectivity index (χ0) is 40.1. The van der Waals surface area contributed by atoms with Crippen LogP contribution >= 0.6 is 0 Å². The maximum Gasteiger partial charge on any atom is 0.306 e. The largest absolute Gasteiger partial charge is 0.462 e. The molecule has 0 radical (unpaired) electrons. The number of allylic oxidation sites excluding steroid dienone is 12. The smallest absolute Gasteiger partial charge is 0.306 e. The summed E-state index contributed by atoms with van der Waals surface area (Å²) in [5.41, 5.74) is 0. The Bertz CT molecular complexity index is 1070. The fourth-order valence-corrected chi connectivity index (χ4v) is 5.85. The molecule has 0 amide bonds. The molecule has 0 aromatic heterocycles. The lowest BCUT2D eigenvalue weighted by atomic mass is 10.1. The fourth-order valence-electron chi connectivity index (χ4n) is 5.85. The van der Waals surface area contributed by atoms with Crippen molar-refractivity contribution < 1.29 is 28.6 Å². The Kier molecular flexibility index (Phi) is 41.1. The van der Waals surface area contributed by atoms with Gasteiger partial charge in [-0.1, -0.05) is 177 Å². The average molecular weight is 767 g/mol. The minimum atomic E-state index is -0.818. The number of carbonyl (C=O) groups excluding carboxylic acids is 3.